The van der Waals surface area contributed by atoms with E-state index in [1.807, 2.05) is 77.7 Å². The van der Waals surface area contributed by atoms with Crippen molar-refractivity contribution in [2.24, 2.45) is 0 Å². The van der Waals surface area contributed by atoms with Crippen molar-refractivity contribution in [2.45, 2.75) is 25.3 Å². The smallest absolute Gasteiger partial charge is 0.252 e. The second-order valence-corrected chi connectivity index (χ2v) is 7.27. The molecule has 0 saturated carbocycles. The summed E-state index contributed by atoms with van der Waals surface area (Å²) in [5.41, 5.74) is 1.64. The zero-order valence-corrected chi connectivity index (χ0v) is 15.8. The van der Waals surface area contributed by atoms with Crippen LogP contribution in [-0.4, -0.2) is 35.8 Å². The van der Waals surface area contributed by atoms with Gasteiger partial charge in [0, 0.05) is 25.1 Å². The summed E-state index contributed by atoms with van der Waals surface area (Å²) in [6.07, 6.45) is 2.55. The van der Waals surface area contributed by atoms with Gasteiger partial charge in [-0.25, -0.2) is 0 Å². The average Bonchev–Trinajstić information content (AvgIpc) is 3.28. The van der Waals surface area contributed by atoms with Crippen molar-refractivity contribution in [3.05, 3.63) is 83.9 Å². The second kappa shape index (κ2) is 8.26. The third kappa shape index (κ3) is 3.91. The van der Waals surface area contributed by atoms with E-state index < -0.39 is 6.04 Å². The van der Waals surface area contributed by atoms with E-state index in [2.05, 4.69) is 5.32 Å². The molecule has 0 bridgehead atoms. The van der Waals surface area contributed by atoms with Gasteiger partial charge in [-0.2, -0.15) is 0 Å². The van der Waals surface area contributed by atoms with E-state index in [4.69, 9.17) is 0 Å². The van der Waals surface area contributed by atoms with E-state index in [0.29, 0.717) is 12.0 Å². The number of benzene rings is 3. The van der Waals surface area contributed by atoms with Crippen molar-refractivity contribution >= 4 is 22.6 Å². The molecule has 4 heteroatoms. The van der Waals surface area contributed by atoms with Crippen LogP contribution in [0.3, 0.4) is 0 Å². The molecule has 0 spiro atoms. The first kappa shape index (κ1) is 18.2. The minimum Gasteiger partial charge on any atom is -0.341 e. The van der Waals surface area contributed by atoms with Gasteiger partial charge in [-0.3, -0.25) is 9.59 Å². The van der Waals surface area contributed by atoms with E-state index in [0.717, 1.165) is 42.3 Å². The highest BCUT2D eigenvalue weighted by Crippen LogP contribution is 2.19. The lowest BCUT2D eigenvalue weighted by Crippen LogP contribution is -2.49. The molecule has 1 unspecified atom stereocenters. The summed E-state index contributed by atoms with van der Waals surface area (Å²) in [7, 11) is 0. The summed E-state index contributed by atoms with van der Waals surface area (Å²) in [5, 5.41) is 4.93. The van der Waals surface area contributed by atoms with Gasteiger partial charge >= 0.3 is 0 Å². The highest BCUT2D eigenvalue weighted by Gasteiger charge is 2.28. The van der Waals surface area contributed by atoms with E-state index in [1.165, 1.54) is 0 Å². The van der Waals surface area contributed by atoms with Crippen LogP contribution in [0.4, 0.5) is 0 Å². The zero-order chi connectivity index (χ0) is 19.3. The highest BCUT2D eigenvalue weighted by atomic mass is 16.2. The Morgan fingerprint density at radius 1 is 0.857 bits per heavy atom. The second-order valence-electron chi connectivity index (χ2n) is 7.27. The molecule has 4 nitrogen and oxygen atoms in total. The molecule has 1 atom stereocenters. The van der Waals surface area contributed by atoms with Crippen molar-refractivity contribution < 1.29 is 9.59 Å². The fraction of sp³-hybridized carbons (Fsp3) is 0.250. The Balaban J connectivity index is 1.60. The first-order valence-corrected chi connectivity index (χ1v) is 9.84. The fourth-order valence-electron chi connectivity index (χ4n) is 3.87. The van der Waals surface area contributed by atoms with Gasteiger partial charge in [0.25, 0.3) is 5.91 Å². The van der Waals surface area contributed by atoms with Gasteiger partial charge in [0.15, 0.2) is 0 Å². The van der Waals surface area contributed by atoms with Gasteiger partial charge in [0.1, 0.15) is 6.04 Å². The summed E-state index contributed by atoms with van der Waals surface area (Å²) < 4.78 is 0. The maximum atomic E-state index is 13.1. The predicted octanol–water partition coefficient (Wildman–Crippen LogP) is 3.80. The lowest BCUT2D eigenvalue weighted by Gasteiger charge is -2.24. The third-order valence-electron chi connectivity index (χ3n) is 5.34. The maximum Gasteiger partial charge on any atom is 0.252 e. The number of nitrogens with one attached hydrogen (secondary N) is 1. The predicted molar refractivity (Wildman–Crippen MR) is 111 cm³/mol. The number of amides is 2. The van der Waals surface area contributed by atoms with Crippen LogP contribution >= 0.6 is 0 Å². The Hall–Kier alpha value is -3.14. The topological polar surface area (TPSA) is 49.4 Å². The van der Waals surface area contributed by atoms with E-state index in [9.17, 15) is 9.59 Å². The monoisotopic (exact) mass is 372 g/mol. The summed E-state index contributed by atoms with van der Waals surface area (Å²) in [6, 6.07) is 22.8. The number of carbonyl (C=O) groups is 2. The number of fused-ring (bicyclic) bond motifs is 1. The third-order valence-corrected chi connectivity index (χ3v) is 5.34. The molecule has 1 saturated heterocycles. The lowest BCUT2D eigenvalue weighted by atomic mass is 10.0. The SMILES string of the molecule is O=C(NC(Cc1ccccc1)C(=O)N1CCCC1)c1cccc2ccccc12. The molecular weight excluding hydrogens is 348 g/mol. The van der Waals surface area contributed by atoms with Crippen molar-refractivity contribution in [2.75, 3.05) is 13.1 Å². The quantitative estimate of drug-likeness (QED) is 0.740. The minimum absolute atomic E-state index is 0.00920. The standard InChI is InChI=1S/C24H24N2O2/c27-23(21-14-8-12-19-11-4-5-13-20(19)21)25-22(17-18-9-2-1-3-10-18)24(28)26-15-6-7-16-26/h1-5,8-14,22H,6-7,15-17H2,(H,25,27). The van der Waals surface area contributed by atoms with Crippen LogP contribution in [0.1, 0.15) is 28.8 Å². The maximum absolute atomic E-state index is 13.1. The molecule has 3 aromatic rings. The van der Waals surface area contributed by atoms with Crippen LogP contribution in [0.2, 0.25) is 0 Å². The molecule has 1 heterocycles. The Morgan fingerprint density at radius 2 is 1.54 bits per heavy atom. The molecule has 4 rings (SSSR count). The van der Waals surface area contributed by atoms with Crippen molar-refractivity contribution in [3.63, 3.8) is 0 Å². The number of carbonyl (C=O) groups excluding carboxylic acids is 2. The molecular formula is C24H24N2O2. The lowest BCUT2D eigenvalue weighted by molar-refractivity contribution is -0.132. The molecule has 142 valence electrons. The van der Waals surface area contributed by atoms with Crippen molar-refractivity contribution in [1.29, 1.82) is 0 Å². The number of hydrogen-bond acceptors (Lipinski definition) is 2. The summed E-state index contributed by atoms with van der Waals surface area (Å²) >= 11 is 0. The highest BCUT2D eigenvalue weighted by molar-refractivity contribution is 6.08. The van der Waals surface area contributed by atoms with Gasteiger partial charge < -0.3 is 10.2 Å². The molecule has 1 aliphatic rings. The summed E-state index contributed by atoms with van der Waals surface area (Å²) in [4.78, 5) is 28.1. The van der Waals surface area contributed by atoms with Crippen LogP contribution in [0.15, 0.2) is 72.8 Å². The summed E-state index contributed by atoms with van der Waals surface area (Å²) in [5.74, 6) is -0.194. The number of nitrogens with zero attached hydrogens (tertiary/aromatic N) is 1. The molecule has 0 aromatic heterocycles. The molecule has 0 aliphatic carbocycles. The molecule has 1 aliphatic heterocycles. The summed E-state index contributed by atoms with van der Waals surface area (Å²) in [6.45, 7) is 1.54. The largest absolute Gasteiger partial charge is 0.341 e. The number of likely N-dealkylation sites (tertiary alicyclic amines) is 1. The van der Waals surface area contributed by atoms with E-state index in [1.54, 1.807) is 0 Å². The Kier molecular flexibility index (Phi) is 5.38. The van der Waals surface area contributed by atoms with E-state index in [-0.39, 0.29) is 11.8 Å². The van der Waals surface area contributed by atoms with Gasteiger partial charge in [0.2, 0.25) is 5.91 Å². The average molecular weight is 372 g/mol. The van der Waals surface area contributed by atoms with Gasteiger partial charge in [-0.05, 0) is 35.2 Å². The normalized spacial score (nSPS) is 14.8. The van der Waals surface area contributed by atoms with E-state index >= 15 is 0 Å². The number of hydrogen-bond donors (Lipinski definition) is 1. The Bertz CT molecular complexity index is 973. The Morgan fingerprint density at radius 3 is 2.32 bits per heavy atom. The van der Waals surface area contributed by atoms with Crippen LogP contribution in [-0.2, 0) is 11.2 Å². The zero-order valence-electron chi connectivity index (χ0n) is 15.8. The fourth-order valence-corrected chi connectivity index (χ4v) is 3.87. The van der Waals surface area contributed by atoms with Crippen LogP contribution in [0.5, 0.6) is 0 Å². The molecule has 28 heavy (non-hydrogen) atoms. The van der Waals surface area contributed by atoms with Crippen LogP contribution < -0.4 is 5.32 Å². The first-order chi connectivity index (χ1) is 13.7. The van der Waals surface area contributed by atoms with Gasteiger partial charge in [-0.15, -0.1) is 0 Å². The van der Waals surface area contributed by atoms with Gasteiger partial charge in [-0.1, -0.05) is 66.7 Å². The van der Waals surface area contributed by atoms with Crippen LogP contribution in [0, 0.1) is 0 Å². The molecule has 0 radical (unpaired) electrons. The molecule has 1 fully saturated rings. The minimum atomic E-state index is -0.563. The molecule has 2 amide bonds. The molecule has 1 N–H and O–H groups in total. The van der Waals surface area contributed by atoms with Crippen LogP contribution in [0.25, 0.3) is 10.8 Å². The van der Waals surface area contributed by atoms with Crippen molar-refractivity contribution in [1.82, 2.24) is 10.2 Å². The van der Waals surface area contributed by atoms with Crippen molar-refractivity contribution in [3.8, 4) is 0 Å². The number of rotatable bonds is 5. The van der Waals surface area contributed by atoms with Gasteiger partial charge in [0.05, 0.1) is 0 Å². The first-order valence-electron chi connectivity index (χ1n) is 9.84. The Labute approximate surface area is 165 Å². The molecule has 3 aromatic carbocycles.